The number of carbonyl (C=O) groups is 2. The summed E-state index contributed by atoms with van der Waals surface area (Å²) in [6.45, 7) is 1.15. The molecule has 1 fully saturated rings. The molecule has 1 aliphatic heterocycles. The first-order valence-electron chi connectivity index (χ1n) is 9.54. The van der Waals surface area contributed by atoms with Gasteiger partial charge >= 0.3 is 0 Å². The molecule has 3 aromatic rings. The Morgan fingerprint density at radius 3 is 2.66 bits per heavy atom. The molecule has 1 atom stereocenters. The van der Waals surface area contributed by atoms with E-state index in [1.807, 2.05) is 0 Å². The van der Waals surface area contributed by atoms with E-state index in [-0.39, 0.29) is 23.1 Å². The van der Waals surface area contributed by atoms with Crippen LogP contribution in [0, 0.1) is 0 Å². The van der Waals surface area contributed by atoms with Gasteiger partial charge in [-0.3, -0.25) is 14.4 Å². The van der Waals surface area contributed by atoms with Crippen molar-refractivity contribution in [1.29, 1.82) is 0 Å². The molecule has 7 heteroatoms. The largest absolute Gasteiger partial charge is 0.376 e. The minimum Gasteiger partial charge on any atom is -0.376 e. The average Bonchev–Trinajstić information content (AvgIpc) is 3.25. The second kappa shape index (κ2) is 8.28. The molecule has 2 heterocycles. The van der Waals surface area contributed by atoms with Gasteiger partial charge in [0.05, 0.1) is 22.9 Å². The molecule has 0 spiro atoms. The van der Waals surface area contributed by atoms with E-state index < -0.39 is 5.91 Å². The summed E-state index contributed by atoms with van der Waals surface area (Å²) in [6.07, 6.45) is 1.95. The predicted molar refractivity (Wildman–Crippen MR) is 110 cm³/mol. The fourth-order valence-electron chi connectivity index (χ4n) is 3.48. The van der Waals surface area contributed by atoms with E-state index in [2.05, 4.69) is 15.6 Å². The van der Waals surface area contributed by atoms with Crippen molar-refractivity contribution in [2.75, 3.05) is 18.5 Å². The maximum absolute atomic E-state index is 12.9. The molecule has 2 amide bonds. The topological polar surface area (TPSA) is 100 Å². The van der Waals surface area contributed by atoms with Gasteiger partial charge in [-0.25, -0.2) is 0 Å². The zero-order valence-corrected chi connectivity index (χ0v) is 15.7. The number of H-pyrrole nitrogens is 1. The lowest BCUT2D eigenvalue weighted by Gasteiger charge is -2.14. The Morgan fingerprint density at radius 1 is 1.03 bits per heavy atom. The van der Waals surface area contributed by atoms with Gasteiger partial charge in [0.15, 0.2) is 0 Å². The van der Waals surface area contributed by atoms with Crippen LogP contribution in [0.2, 0.25) is 0 Å². The minimum atomic E-state index is -0.452. The summed E-state index contributed by atoms with van der Waals surface area (Å²) in [4.78, 5) is 40.2. The first kappa shape index (κ1) is 18.9. The zero-order chi connectivity index (χ0) is 20.2. The molecule has 0 bridgehead atoms. The lowest BCUT2D eigenvalue weighted by Crippen LogP contribution is -2.32. The van der Waals surface area contributed by atoms with Crippen LogP contribution < -0.4 is 16.2 Å². The van der Waals surface area contributed by atoms with Gasteiger partial charge in [0.25, 0.3) is 11.8 Å². The van der Waals surface area contributed by atoms with Crippen molar-refractivity contribution in [3.8, 4) is 0 Å². The van der Waals surface area contributed by atoms with Crippen molar-refractivity contribution in [1.82, 2.24) is 10.3 Å². The Balaban J connectivity index is 1.56. The lowest BCUT2D eigenvalue weighted by atomic mass is 10.1. The van der Waals surface area contributed by atoms with Crippen molar-refractivity contribution in [2.24, 2.45) is 0 Å². The van der Waals surface area contributed by atoms with Gasteiger partial charge < -0.3 is 20.4 Å². The summed E-state index contributed by atoms with van der Waals surface area (Å²) in [5.41, 5.74) is 1.20. The molecule has 7 nitrogen and oxygen atoms in total. The van der Waals surface area contributed by atoms with E-state index >= 15 is 0 Å². The Bertz CT molecular complexity index is 1120. The number of fused-ring (bicyclic) bond motifs is 1. The third-order valence-corrected chi connectivity index (χ3v) is 4.93. The Kier molecular flexibility index (Phi) is 5.39. The molecule has 0 unspecified atom stereocenters. The quantitative estimate of drug-likeness (QED) is 0.623. The first-order chi connectivity index (χ1) is 14.1. The molecule has 0 saturated carbocycles. The van der Waals surface area contributed by atoms with Gasteiger partial charge in [0, 0.05) is 30.1 Å². The molecule has 29 heavy (non-hydrogen) atoms. The van der Waals surface area contributed by atoms with Gasteiger partial charge in [-0.15, -0.1) is 0 Å². The Labute approximate surface area is 167 Å². The van der Waals surface area contributed by atoms with Crippen LogP contribution in [0.25, 0.3) is 10.9 Å². The van der Waals surface area contributed by atoms with Gasteiger partial charge in [0.2, 0.25) is 5.56 Å². The van der Waals surface area contributed by atoms with Crippen LogP contribution in [0.1, 0.15) is 33.6 Å². The van der Waals surface area contributed by atoms with Gasteiger partial charge in [0.1, 0.15) is 0 Å². The molecule has 2 aromatic carbocycles. The van der Waals surface area contributed by atoms with Crippen molar-refractivity contribution >= 4 is 28.4 Å². The number of hydrogen-bond acceptors (Lipinski definition) is 4. The summed E-state index contributed by atoms with van der Waals surface area (Å²) in [5.74, 6) is -0.737. The molecule has 148 valence electrons. The summed E-state index contributed by atoms with van der Waals surface area (Å²) in [5, 5.41) is 6.26. The number of anilines is 1. The SMILES string of the molecule is O=C(NC[C@H]1CCCO1)c1ccccc1NC(=O)c1cc(=O)[nH]c2ccccc12. The van der Waals surface area contributed by atoms with Crippen LogP contribution in [0.4, 0.5) is 5.69 Å². The van der Waals surface area contributed by atoms with Crippen molar-refractivity contribution in [3.05, 3.63) is 76.1 Å². The smallest absolute Gasteiger partial charge is 0.256 e. The van der Waals surface area contributed by atoms with E-state index in [4.69, 9.17) is 4.74 Å². The van der Waals surface area contributed by atoms with Crippen molar-refractivity contribution in [3.63, 3.8) is 0 Å². The number of carbonyl (C=O) groups excluding carboxylic acids is 2. The first-order valence-corrected chi connectivity index (χ1v) is 9.54. The Morgan fingerprint density at radius 2 is 1.83 bits per heavy atom. The van der Waals surface area contributed by atoms with Crippen LogP contribution in [0.15, 0.2) is 59.4 Å². The van der Waals surface area contributed by atoms with Gasteiger partial charge in [-0.05, 0) is 31.0 Å². The van der Waals surface area contributed by atoms with E-state index in [1.165, 1.54) is 6.07 Å². The predicted octanol–water partition coefficient (Wildman–Crippen LogP) is 2.69. The van der Waals surface area contributed by atoms with Crippen LogP contribution >= 0.6 is 0 Å². The number of amides is 2. The maximum Gasteiger partial charge on any atom is 0.256 e. The molecule has 1 aliphatic rings. The second-order valence-corrected chi connectivity index (χ2v) is 6.94. The molecular weight excluding hydrogens is 370 g/mol. The Hall–Kier alpha value is -3.45. The normalized spacial score (nSPS) is 15.9. The summed E-state index contributed by atoms with van der Waals surface area (Å²) >= 11 is 0. The fraction of sp³-hybridized carbons (Fsp3) is 0.227. The highest BCUT2D eigenvalue weighted by Crippen LogP contribution is 2.20. The zero-order valence-electron chi connectivity index (χ0n) is 15.7. The number of rotatable bonds is 5. The van der Waals surface area contributed by atoms with Crippen molar-refractivity contribution in [2.45, 2.75) is 18.9 Å². The van der Waals surface area contributed by atoms with Crippen LogP contribution in [0.5, 0.6) is 0 Å². The standard InChI is InChI=1S/C22H21N3O4/c26-20-12-17(15-7-1-3-9-18(15)24-20)22(28)25-19-10-4-2-8-16(19)21(27)23-13-14-6-5-11-29-14/h1-4,7-10,12,14H,5-6,11,13H2,(H,23,27)(H,24,26)(H,25,28)/t14-/m1/s1. The monoisotopic (exact) mass is 391 g/mol. The lowest BCUT2D eigenvalue weighted by molar-refractivity contribution is 0.0858. The van der Waals surface area contributed by atoms with Crippen molar-refractivity contribution < 1.29 is 14.3 Å². The molecule has 1 saturated heterocycles. The maximum atomic E-state index is 12.9. The van der Waals surface area contributed by atoms with E-state index in [1.54, 1.807) is 48.5 Å². The third kappa shape index (κ3) is 4.20. The highest BCUT2D eigenvalue weighted by molar-refractivity contribution is 6.14. The second-order valence-electron chi connectivity index (χ2n) is 6.94. The summed E-state index contributed by atoms with van der Waals surface area (Å²) < 4.78 is 5.53. The molecule has 1 aromatic heterocycles. The van der Waals surface area contributed by atoms with Gasteiger partial charge in [-0.2, -0.15) is 0 Å². The number of benzene rings is 2. The number of aromatic nitrogens is 1. The highest BCUT2D eigenvalue weighted by atomic mass is 16.5. The van der Waals surface area contributed by atoms with Crippen LogP contribution in [0.3, 0.4) is 0 Å². The highest BCUT2D eigenvalue weighted by Gasteiger charge is 2.19. The average molecular weight is 391 g/mol. The van der Waals surface area contributed by atoms with E-state index in [0.29, 0.717) is 28.7 Å². The number of para-hydroxylation sites is 2. The molecule has 0 radical (unpaired) electrons. The van der Waals surface area contributed by atoms with E-state index in [0.717, 1.165) is 19.4 Å². The summed E-state index contributed by atoms with van der Waals surface area (Å²) in [6, 6.07) is 15.1. The van der Waals surface area contributed by atoms with E-state index in [9.17, 15) is 14.4 Å². The minimum absolute atomic E-state index is 0.0307. The molecule has 4 rings (SSSR count). The van der Waals surface area contributed by atoms with Crippen LogP contribution in [-0.4, -0.2) is 36.1 Å². The number of nitrogens with one attached hydrogen (secondary N) is 3. The number of aromatic amines is 1. The fourth-order valence-corrected chi connectivity index (χ4v) is 3.48. The number of pyridine rings is 1. The molecule has 3 N–H and O–H groups in total. The number of ether oxygens (including phenoxy) is 1. The van der Waals surface area contributed by atoms with Gasteiger partial charge in [-0.1, -0.05) is 30.3 Å². The molecular formula is C22H21N3O4. The third-order valence-electron chi connectivity index (χ3n) is 4.93. The number of hydrogen-bond donors (Lipinski definition) is 3. The van der Waals surface area contributed by atoms with Crippen LogP contribution in [-0.2, 0) is 4.74 Å². The molecule has 0 aliphatic carbocycles. The summed E-state index contributed by atoms with van der Waals surface area (Å²) in [7, 11) is 0.